The molecule has 0 fully saturated rings. The van der Waals surface area contributed by atoms with Gasteiger partial charge < -0.3 is 10.8 Å². The highest BCUT2D eigenvalue weighted by atomic mass is 16.3. The summed E-state index contributed by atoms with van der Waals surface area (Å²) in [5.74, 6) is 0. The molecule has 0 radical (unpaired) electrons. The van der Waals surface area contributed by atoms with Crippen molar-refractivity contribution >= 4 is 0 Å². The van der Waals surface area contributed by atoms with Crippen molar-refractivity contribution in [3.63, 3.8) is 0 Å². The number of hydrogen-bond donors (Lipinski definition) is 2. The molecule has 0 bridgehead atoms. The summed E-state index contributed by atoms with van der Waals surface area (Å²) in [6.45, 7) is 8.98. The van der Waals surface area contributed by atoms with Crippen LogP contribution in [0.1, 0.15) is 37.5 Å². The minimum absolute atomic E-state index is 0.149. The third-order valence-corrected chi connectivity index (χ3v) is 2.94. The molecule has 0 spiro atoms. The number of hydrogen-bond acceptors (Lipinski definition) is 2. The number of benzene rings is 1. The maximum atomic E-state index is 9.60. The molecule has 1 rings (SSSR count). The van der Waals surface area contributed by atoms with E-state index in [0.717, 1.165) is 0 Å². The fraction of sp³-hybridized carbons (Fsp3) is 0.571. The first-order chi connectivity index (χ1) is 7.34. The second kappa shape index (κ2) is 4.98. The topological polar surface area (TPSA) is 46.2 Å². The minimum atomic E-state index is -0.436. The van der Waals surface area contributed by atoms with Crippen LogP contribution >= 0.6 is 0 Å². The highest BCUT2D eigenvalue weighted by Crippen LogP contribution is 2.24. The van der Waals surface area contributed by atoms with Gasteiger partial charge in [-0.05, 0) is 35.4 Å². The summed E-state index contributed by atoms with van der Waals surface area (Å²) in [6.07, 6.45) is 0.209. The SMILES string of the molecule is Cc1ccc(C(C)(C)C)cc1CC(O)CN. The van der Waals surface area contributed by atoms with E-state index in [1.165, 1.54) is 16.7 Å². The maximum absolute atomic E-state index is 9.60. The third-order valence-electron chi connectivity index (χ3n) is 2.94. The third kappa shape index (κ3) is 3.32. The average molecular weight is 221 g/mol. The Morgan fingerprint density at radius 1 is 1.31 bits per heavy atom. The molecule has 2 nitrogen and oxygen atoms in total. The fourth-order valence-corrected chi connectivity index (χ4v) is 1.70. The van der Waals surface area contributed by atoms with E-state index >= 15 is 0 Å². The van der Waals surface area contributed by atoms with Crippen LogP contribution in [0.2, 0.25) is 0 Å². The summed E-state index contributed by atoms with van der Waals surface area (Å²) in [7, 11) is 0. The van der Waals surface area contributed by atoms with Gasteiger partial charge in [0.25, 0.3) is 0 Å². The molecule has 0 heterocycles. The van der Waals surface area contributed by atoms with Crippen molar-refractivity contribution in [2.75, 3.05) is 6.54 Å². The van der Waals surface area contributed by atoms with Crippen LogP contribution in [0.15, 0.2) is 18.2 Å². The molecule has 1 aromatic carbocycles. The van der Waals surface area contributed by atoms with E-state index in [1.54, 1.807) is 0 Å². The normalized spacial score (nSPS) is 13.9. The van der Waals surface area contributed by atoms with E-state index in [9.17, 15) is 5.11 Å². The van der Waals surface area contributed by atoms with Crippen LogP contribution < -0.4 is 5.73 Å². The maximum Gasteiger partial charge on any atom is 0.0702 e. The zero-order chi connectivity index (χ0) is 12.3. The summed E-state index contributed by atoms with van der Waals surface area (Å²) in [5, 5.41) is 9.60. The van der Waals surface area contributed by atoms with Gasteiger partial charge in [0.15, 0.2) is 0 Å². The van der Waals surface area contributed by atoms with Crippen LogP contribution in [-0.4, -0.2) is 17.8 Å². The number of aliphatic hydroxyl groups excluding tert-OH is 1. The lowest BCUT2D eigenvalue weighted by Crippen LogP contribution is -2.22. The lowest BCUT2D eigenvalue weighted by Gasteiger charge is -2.21. The monoisotopic (exact) mass is 221 g/mol. The van der Waals surface area contributed by atoms with E-state index in [0.29, 0.717) is 13.0 Å². The predicted octanol–water partition coefficient (Wildman–Crippen LogP) is 2.15. The van der Waals surface area contributed by atoms with Gasteiger partial charge in [-0.1, -0.05) is 39.0 Å². The van der Waals surface area contributed by atoms with Crippen LogP contribution in [-0.2, 0) is 11.8 Å². The van der Waals surface area contributed by atoms with Gasteiger partial charge in [-0.25, -0.2) is 0 Å². The van der Waals surface area contributed by atoms with Gasteiger partial charge in [-0.2, -0.15) is 0 Å². The second-order valence-electron chi connectivity index (χ2n) is 5.48. The first kappa shape index (κ1) is 13.2. The molecule has 2 heteroatoms. The standard InChI is InChI=1S/C14H23NO/c1-10-5-6-12(14(2,3)4)7-11(10)8-13(16)9-15/h5-7,13,16H,8-9,15H2,1-4H3. The second-order valence-corrected chi connectivity index (χ2v) is 5.48. The molecule has 90 valence electrons. The van der Waals surface area contributed by atoms with Gasteiger partial charge in [-0.3, -0.25) is 0 Å². The van der Waals surface area contributed by atoms with Crippen molar-refractivity contribution in [2.45, 2.75) is 45.6 Å². The summed E-state index contributed by atoms with van der Waals surface area (Å²) < 4.78 is 0. The number of aryl methyl sites for hydroxylation is 1. The Kier molecular flexibility index (Phi) is 4.11. The first-order valence-corrected chi connectivity index (χ1v) is 5.82. The lowest BCUT2D eigenvalue weighted by atomic mass is 9.84. The predicted molar refractivity (Wildman–Crippen MR) is 68.6 cm³/mol. The Hall–Kier alpha value is -0.860. The summed E-state index contributed by atoms with van der Waals surface area (Å²) >= 11 is 0. The quantitative estimate of drug-likeness (QED) is 0.821. The Morgan fingerprint density at radius 3 is 2.44 bits per heavy atom. The largest absolute Gasteiger partial charge is 0.391 e. The van der Waals surface area contributed by atoms with Crippen molar-refractivity contribution in [3.8, 4) is 0 Å². The summed E-state index contributed by atoms with van der Waals surface area (Å²) in [4.78, 5) is 0. The molecule has 0 aliphatic heterocycles. The van der Waals surface area contributed by atoms with Crippen LogP contribution in [0.4, 0.5) is 0 Å². The van der Waals surface area contributed by atoms with Gasteiger partial charge >= 0.3 is 0 Å². The van der Waals surface area contributed by atoms with E-state index in [-0.39, 0.29) is 5.41 Å². The lowest BCUT2D eigenvalue weighted by molar-refractivity contribution is 0.183. The molecule has 3 N–H and O–H groups in total. The average Bonchev–Trinajstić information content (AvgIpc) is 2.19. The van der Waals surface area contributed by atoms with Crippen LogP contribution in [0, 0.1) is 6.92 Å². The fourth-order valence-electron chi connectivity index (χ4n) is 1.70. The van der Waals surface area contributed by atoms with Crippen molar-refractivity contribution in [1.29, 1.82) is 0 Å². The number of aliphatic hydroxyl groups is 1. The number of rotatable bonds is 3. The molecule has 16 heavy (non-hydrogen) atoms. The van der Waals surface area contributed by atoms with Crippen LogP contribution in [0.25, 0.3) is 0 Å². The molecule has 0 saturated carbocycles. The van der Waals surface area contributed by atoms with Gasteiger partial charge in [0.1, 0.15) is 0 Å². The molecule has 1 aromatic rings. The van der Waals surface area contributed by atoms with E-state index < -0.39 is 6.10 Å². The van der Waals surface area contributed by atoms with Crippen LogP contribution in [0.3, 0.4) is 0 Å². The van der Waals surface area contributed by atoms with E-state index in [2.05, 4.69) is 45.9 Å². The zero-order valence-electron chi connectivity index (χ0n) is 10.7. The molecule has 0 aromatic heterocycles. The summed E-state index contributed by atoms with van der Waals surface area (Å²) in [6, 6.07) is 6.47. The molecule has 0 saturated heterocycles. The molecule has 0 aliphatic carbocycles. The molecular weight excluding hydrogens is 198 g/mol. The molecular formula is C14H23NO. The molecule has 1 atom stereocenters. The van der Waals surface area contributed by atoms with Gasteiger partial charge in [-0.15, -0.1) is 0 Å². The summed E-state index contributed by atoms with van der Waals surface area (Å²) in [5.41, 5.74) is 9.32. The molecule has 1 unspecified atom stereocenters. The van der Waals surface area contributed by atoms with Crippen molar-refractivity contribution < 1.29 is 5.11 Å². The van der Waals surface area contributed by atoms with Crippen molar-refractivity contribution in [1.82, 2.24) is 0 Å². The highest BCUT2D eigenvalue weighted by molar-refractivity contribution is 5.34. The zero-order valence-corrected chi connectivity index (χ0v) is 10.7. The van der Waals surface area contributed by atoms with Crippen molar-refractivity contribution in [2.24, 2.45) is 5.73 Å². The van der Waals surface area contributed by atoms with E-state index in [1.807, 2.05) is 0 Å². The van der Waals surface area contributed by atoms with Gasteiger partial charge in [0.05, 0.1) is 6.10 Å². The molecule has 0 amide bonds. The molecule has 0 aliphatic rings. The Bertz CT molecular complexity index is 352. The highest BCUT2D eigenvalue weighted by Gasteiger charge is 2.15. The smallest absolute Gasteiger partial charge is 0.0702 e. The number of nitrogens with two attached hydrogens (primary N) is 1. The first-order valence-electron chi connectivity index (χ1n) is 5.82. The Morgan fingerprint density at radius 2 is 1.94 bits per heavy atom. The van der Waals surface area contributed by atoms with Crippen molar-refractivity contribution in [3.05, 3.63) is 34.9 Å². The van der Waals surface area contributed by atoms with Gasteiger partial charge in [0, 0.05) is 6.54 Å². The van der Waals surface area contributed by atoms with Crippen LogP contribution in [0.5, 0.6) is 0 Å². The Labute approximate surface area is 98.5 Å². The van der Waals surface area contributed by atoms with Gasteiger partial charge in [0.2, 0.25) is 0 Å². The van der Waals surface area contributed by atoms with E-state index in [4.69, 9.17) is 5.73 Å². The Balaban J connectivity index is 3.00. The minimum Gasteiger partial charge on any atom is -0.391 e.